The fourth-order valence-corrected chi connectivity index (χ4v) is 4.29. The second-order valence-electron chi connectivity index (χ2n) is 8.62. The molecule has 1 aliphatic heterocycles. The third kappa shape index (κ3) is 4.94. The van der Waals surface area contributed by atoms with Gasteiger partial charge in [0.15, 0.2) is 0 Å². The van der Waals surface area contributed by atoms with Gasteiger partial charge in [-0.2, -0.15) is 0 Å². The van der Waals surface area contributed by atoms with Crippen molar-refractivity contribution in [2.75, 3.05) is 50.1 Å². The highest BCUT2D eigenvalue weighted by atomic mass is 16.5. The number of para-hydroxylation sites is 1. The van der Waals surface area contributed by atoms with Gasteiger partial charge in [0.05, 0.1) is 30.0 Å². The van der Waals surface area contributed by atoms with Crippen LogP contribution in [0.2, 0.25) is 0 Å². The molecule has 10 nitrogen and oxygen atoms in total. The summed E-state index contributed by atoms with van der Waals surface area (Å²) in [7, 11) is 1.63. The molecule has 5 rings (SSSR count). The van der Waals surface area contributed by atoms with E-state index in [4.69, 9.17) is 4.74 Å². The molecule has 1 fully saturated rings. The van der Waals surface area contributed by atoms with Gasteiger partial charge in [-0.25, -0.2) is 19.9 Å². The Kier molecular flexibility index (Phi) is 6.94. The quantitative estimate of drug-likeness (QED) is 0.408. The number of hydrogen-bond acceptors (Lipinski definition) is 9. The Morgan fingerprint density at radius 2 is 1.89 bits per heavy atom. The zero-order chi connectivity index (χ0) is 24.9. The standard InChI is InChI=1S/C26H28N8O2/c1-17(19-4-3-5-20-21(25(35)27-2)6-7-28-24(19)20)13-29-23-12-22(32-16-33-23)18-14-30-26(31-15-18)34-8-10-36-11-9-34/h3-7,12,14-17H,8-11,13H2,1-2H3,(H,27,35)(H,29,32,33)/t17-/m1/s1. The lowest BCUT2D eigenvalue weighted by atomic mass is 9.96. The summed E-state index contributed by atoms with van der Waals surface area (Å²) in [4.78, 5) is 36.8. The second-order valence-corrected chi connectivity index (χ2v) is 8.62. The van der Waals surface area contributed by atoms with Crippen molar-refractivity contribution >= 4 is 28.6 Å². The summed E-state index contributed by atoms with van der Waals surface area (Å²) < 4.78 is 5.40. The minimum absolute atomic E-state index is 0.121. The Hall–Kier alpha value is -4.18. The van der Waals surface area contributed by atoms with Crippen LogP contribution in [-0.4, -0.2) is 70.7 Å². The maximum absolute atomic E-state index is 12.3. The number of benzene rings is 1. The van der Waals surface area contributed by atoms with E-state index in [2.05, 4.69) is 47.4 Å². The van der Waals surface area contributed by atoms with E-state index >= 15 is 0 Å². The smallest absolute Gasteiger partial charge is 0.251 e. The number of ether oxygens (including phenoxy) is 1. The van der Waals surface area contributed by atoms with Gasteiger partial charge in [-0.05, 0) is 11.6 Å². The van der Waals surface area contributed by atoms with E-state index in [0.29, 0.717) is 37.1 Å². The topological polar surface area (TPSA) is 118 Å². The number of morpholine rings is 1. The molecule has 1 saturated heterocycles. The molecule has 0 spiro atoms. The van der Waals surface area contributed by atoms with Crippen LogP contribution in [0.4, 0.5) is 11.8 Å². The number of nitrogens with one attached hydrogen (secondary N) is 2. The van der Waals surface area contributed by atoms with Crippen molar-refractivity contribution in [1.29, 1.82) is 0 Å². The van der Waals surface area contributed by atoms with E-state index in [1.54, 1.807) is 31.7 Å². The molecule has 0 saturated carbocycles. The molecule has 0 bridgehead atoms. The fourth-order valence-electron chi connectivity index (χ4n) is 4.29. The zero-order valence-corrected chi connectivity index (χ0v) is 20.3. The summed E-state index contributed by atoms with van der Waals surface area (Å²) in [6, 6.07) is 9.58. The van der Waals surface area contributed by atoms with Crippen LogP contribution >= 0.6 is 0 Å². The second kappa shape index (κ2) is 10.6. The Labute approximate surface area is 209 Å². The summed E-state index contributed by atoms with van der Waals surface area (Å²) in [5.74, 6) is 1.41. The van der Waals surface area contributed by atoms with Crippen molar-refractivity contribution < 1.29 is 9.53 Å². The highest BCUT2D eigenvalue weighted by Crippen LogP contribution is 2.27. The van der Waals surface area contributed by atoms with Gasteiger partial charge in [-0.3, -0.25) is 9.78 Å². The molecule has 10 heteroatoms. The number of carbonyl (C=O) groups is 1. The molecule has 3 aromatic heterocycles. The Bertz CT molecular complexity index is 1360. The molecule has 4 aromatic rings. The molecule has 1 aromatic carbocycles. The molecule has 36 heavy (non-hydrogen) atoms. The first-order valence-electron chi connectivity index (χ1n) is 11.9. The van der Waals surface area contributed by atoms with Crippen LogP contribution in [0, 0.1) is 0 Å². The summed E-state index contributed by atoms with van der Waals surface area (Å²) in [6.07, 6.45) is 6.80. The highest BCUT2D eigenvalue weighted by Gasteiger charge is 2.16. The molecule has 184 valence electrons. The fraction of sp³-hybridized carbons (Fsp3) is 0.308. The number of fused-ring (bicyclic) bond motifs is 1. The molecule has 0 aliphatic carbocycles. The Morgan fingerprint density at radius 3 is 2.67 bits per heavy atom. The molecule has 4 heterocycles. The van der Waals surface area contributed by atoms with Crippen molar-refractivity contribution in [3.8, 4) is 11.3 Å². The van der Waals surface area contributed by atoms with Crippen LogP contribution in [0.5, 0.6) is 0 Å². The van der Waals surface area contributed by atoms with Crippen LogP contribution in [0.3, 0.4) is 0 Å². The van der Waals surface area contributed by atoms with E-state index in [1.807, 2.05) is 24.3 Å². The zero-order valence-electron chi connectivity index (χ0n) is 20.3. The van der Waals surface area contributed by atoms with Gasteiger partial charge in [0.1, 0.15) is 12.1 Å². The number of hydrogen-bond donors (Lipinski definition) is 2. The number of pyridine rings is 1. The minimum atomic E-state index is -0.124. The molecular weight excluding hydrogens is 456 g/mol. The van der Waals surface area contributed by atoms with Crippen molar-refractivity contribution in [3.63, 3.8) is 0 Å². The van der Waals surface area contributed by atoms with Gasteiger partial charge in [0.2, 0.25) is 5.95 Å². The molecular formula is C26H28N8O2. The van der Waals surface area contributed by atoms with Crippen molar-refractivity contribution in [1.82, 2.24) is 30.2 Å². The van der Waals surface area contributed by atoms with E-state index < -0.39 is 0 Å². The molecule has 0 unspecified atom stereocenters. The van der Waals surface area contributed by atoms with Gasteiger partial charge < -0.3 is 20.3 Å². The normalized spacial score (nSPS) is 14.4. The largest absolute Gasteiger partial charge is 0.378 e. The van der Waals surface area contributed by atoms with Crippen LogP contribution < -0.4 is 15.5 Å². The Balaban J connectivity index is 1.30. The molecule has 1 amide bonds. The van der Waals surface area contributed by atoms with E-state index in [-0.39, 0.29) is 11.8 Å². The molecule has 0 radical (unpaired) electrons. The molecule has 1 atom stereocenters. The summed E-state index contributed by atoms with van der Waals surface area (Å²) in [5, 5.41) is 6.94. The SMILES string of the molecule is CNC(=O)c1ccnc2c([C@H](C)CNc3cc(-c4cnc(N5CCOCC5)nc4)ncn3)cccc12. The lowest BCUT2D eigenvalue weighted by Crippen LogP contribution is -2.37. The van der Waals surface area contributed by atoms with Crippen LogP contribution in [0.25, 0.3) is 22.2 Å². The number of anilines is 2. The van der Waals surface area contributed by atoms with Crippen LogP contribution in [0.15, 0.2) is 55.2 Å². The van der Waals surface area contributed by atoms with E-state index in [9.17, 15) is 4.79 Å². The first-order chi connectivity index (χ1) is 17.6. The van der Waals surface area contributed by atoms with Gasteiger partial charge in [-0.1, -0.05) is 25.1 Å². The lowest BCUT2D eigenvalue weighted by Gasteiger charge is -2.26. The highest BCUT2D eigenvalue weighted by molar-refractivity contribution is 6.06. The average Bonchev–Trinajstić information content (AvgIpc) is 2.95. The Morgan fingerprint density at radius 1 is 1.08 bits per heavy atom. The summed E-state index contributed by atoms with van der Waals surface area (Å²) in [6.45, 7) is 5.71. The van der Waals surface area contributed by atoms with Crippen LogP contribution in [0.1, 0.15) is 28.8 Å². The predicted molar refractivity (Wildman–Crippen MR) is 138 cm³/mol. The number of nitrogens with zero attached hydrogens (tertiary/aromatic N) is 6. The molecule has 2 N–H and O–H groups in total. The maximum Gasteiger partial charge on any atom is 0.251 e. The van der Waals surface area contributed by atoms with Crippen molar-refractivity contribution in [2.45, 2.75) is 12.8 Å². The van der Waals surface area contributed by atoms with Crippen molar-refractivity contribution in [3.05, 3.63) is 66.4 Å². The number of aromatic nitrogens is 5. The first kappa shape index (κ1) is 23.6. The van der Waals surface area contributed by atoms with Gasteiger partial charge >= 0.3 is 0 Å². The van der Waals surface area contributed by atoms with Gasteiger partial charge in [0, 0.05) is 68.2 Å². The predicted octanol–water partition coefficient (Wildman–Crippen LogP) is 2.89. The van der Waals surface area contributed by atoms with Crippen molar-refractivity contribution in [2.24, 2.45) is 0 Å². The summed E-state index contributed by atoms with van der Waals surface area (Å²) in [5.41, 5.74) is 4.08. The molecule has 1 aliphatic rings. The van der Waals surface area contributed by atoms with Gasteiger partial charge in [-0.15, -0.1) is 0 Å². The third-order valence-corrected chi connectivity index (χ3v) is 6.29. The van der Waals surface area contributed by atoms with Crippen LogP contribution in [-0.2, 0) is 4.74 Å². The monoisotopic (exact) mass is 484 g/mol. The maximum atomic E-state index is 12.3. The first-order valence-corrected chi connectivity index (χ1v) is 11.9. The third-order valence-electron chi connectivity index (χ3n) is 6.29. The average molecular weight is 485 g/mol. The summed E-state index contributed by atoms with van der Waals surface area (Å²) >= 11 is 0. The van der Waals surface area contributed by atoms with E-state index in [1.165, 1.54) is 6.33 Å². The number of amides is 1. The lowest BCUT2D eigenvalue weighted by molar-refractivity contribution is 0.0964. The van der Waals surface area contributed by atoms with Gasteiger partial charge in [0.25, 0.3) is 5.91 Å². The minimum Gasteiger partial charge on any atom is -0.378 e. The number of rotatable bonds is 7. The number of carbonyl (C=O) groups excluding carboxylic acids is 1. The van der Waals surface area contributed by atoms with E-state index in [0.717, 1.165) is 40.8 Å².